The summed E-state index contributed by atoms with van der Waals surface area (Å²) in [6.45, 7) is 0. The SMILES string of the molecule is COc1ccc(C2CCc3ccc(OC)cc3C2)c(N)c1. The van der Waals surface area contributed by atoms with Crippen LogP contribution in [0.4, 0.5) is 5.69 Å². The Kier molecular flexibility index (Phi) is 3.74. The molecule has 110 valence electrons. The third kappa shape index (κ3) is 2.68. The van der Waals surface area contributed by atoms with Gasteiger partial charge in [-0.25, -0.2) is 0 Å². The Bertz CT molecular complexity index is 652. The van der Waals surface area contributed by atoms with Crippen LogP contribution in [-0.2, 0) is 12.8 Å². The first-order chi connectivity index (χ1) is 10.2. The molecule has 3 rings (SSSR count). The molecular weight excluding hydrogens is 262 g/mol. The highest BCUT2D eigenvalue weighted by atomic mass is 16.5. The number of anilines is 1. The second-order valence-electron chi connectivity index (χ2n) is 5.57. The molecule has 0 saturated carbocycles. The molecule has 0 fully saturated rings. The van der Waals surface area contributed by atoms with Crippen LogP contribution in [0.1, 0.15) is 29.0 Å². The van der Waals surface area contributed by atoms with Crippen molar-refractivity contribution in [2.75, 3.05) is 20.0 Å². The monoisotopic (exact) mass is 283 g/mol. The first-order valence-corrected chi connectivity index (χ1v) is 7.30. The van der Waals surface area contributed by atoms with Crippen molar-refractivity contribution in [2.24, 2.45) is 0 Å². The van der Waals surface area contributed by atoms with Gasteiger partial charge in [0.05, 0.1) is 14.2 Å². The van der Waals surface area contributed by atoms with Crippen molar-refractivity contribution in [1.29, 1.82) is 0 Å². The molecule has 1 unspecified atom stereocenters. The number of aryl methyl sites for hydroxylation is 1. The Balaban J connectivity index is 1.88. The maximum Gasteiger partial charge on any atom is 0.120 e. The van der Waals surface area contributed by atoms with E-state index in [0.29, 0.717) is 5.92 Å². The lowest BCUT2D eigenvalue weighted by molar-refractivity contribution is 0.413. The Morgan fingerprint density at radius 2 is 1.67 bits per heavy atom. The summed E-state index contributed by atoms with van der Waals surface area (Å²) in [6, 6.07) is 12.4. The van der Waals surface area contributed by atoms with Crippen molar-refractivity contribution in [1.82, 2.24) is 0 Å². The predicted molar refractivity (Wildman–Crippen MR) is 85.2 cm³/mol. The molecule has 2 N–H and O–H groups in total. The Morgan fingerprint density at radius 3 is 2.38 bits per heavy atom. The molecule has 21 heavy (non-hydrogen) atoms. The van der Waals surface area contributed by atoms with E-state index in [9.17, 15) is 0 Å². The minimum Gasteiger partial charge on any atom is -0.497 e. The van der Waals surface area contributed by atoms with Crippen molar-refractivity contribution in [3.05, 3.63) is 53.1 Å². The van der Waals surface area contributed by atoms with Crippen LogP contribution in [0, 0.1) is 0 Å². The molecule has 1 aliphatic rings. The summed E-state index contributed by atoms with van der Waals surface area (Å²) >= 11 is 0. The summed E-state index contributed by atoms with van der Waals surface area (Å²) in [5.74, 6) is 2.21. The minimum atomic E-state index is 0.468. The zero-order chi connectivity index (χ0) is 14.8. The van der Waals surface area contributed by atoms with Crippen LogP contribution in [0.5, 0.6) is 11.5 Å². The van der Waals surface area contributed by atoms with Gasteiger partial charge in [0, 0.05) is 11.8 Å². The number of benzene rings is 2. The van der Waals surface area contributed by atoms with E-state index in [0.717, 1.165) is 36.4 Å². The molecular formula is C18H21NO2. The van der Waals surface area contributed by atoms with E-state index in [-0.39, 0.29) is 0 Å². The third-order valence-corrected chi connectivity index (χ3v) is 4.38. The molecule has 0 radical (unpaired) electrons. The number of methoxy groups -OCH3 is 2. The first-order valence-electron chi connectivity index (χ1n) is 7.30. The van der Waals surface area contributed by atoms with Crippen LogP contribution >= 0.6 is 0 Å². The van der Waals surface area contributed by atoms with E-state index in [1.165, 1.54) is 16.7 Å². The number of ether oxygens (including phenoxy) is 2. The van der Waals surface area contributed by atoms with E-state index in [1.54, 1.807) is 14.2 Å². The lowest BCUT2D eigenvalue weighted by Crippen LogP contribution is -2.14. The quantitative estimate of drug-likeness (QED) is 0.876. The maximum absolute atomic E-state index is 6.20. The third-order valence-electron chi connectivity index (χ3n) is 4.38. The predicted octanol–water partition coefficient (Wildman–Crippen LogP) is 3.56. The number of nitrogen functional groups attached to an aromatic ring is 1. The molecule has 1 aliphatic carbocycles. The number of nitrogens with two attached hydrogens (primary N) is 1. The average molecular weight is 283 g/mol. The van der Waals surface area contributed by atoms with Crippen LogP contribution < -0.4 is 15.2 Å². The van der Waals surface area contributed by atoms with Crippen LogP contribution in [0.25, 0.3) is 0 Å². The summed E-state index contributed by atoms with van der Waals surface area (Å²) in [6.07, 6.45) is 3.24. The minimum absolute atomic E-state index is 0.468. The molecule has 0 heterocycles. The molecule has 0 saturated heterocycles. The van der Waals surface area contributed by atoms with Crippen molar-refractivity contribution >= 4 is 5.69 Å². The van der Waals surface area contributed by atoms with E-state index >= 15 is 0 Å². The van der Waals surface area contributed by atoms with Gasteiger partial charge in [-0.05, 0) is 60.1 Å². The van der Waals surface area contributed by atoms with Gasteiger partial charge in [0.1, 0.15) is 11.5 Å². The summed E-state index contributed by atoms with van der Waals surface area (Å²) < 4.78 is 10.6. The number of rotatable bonds is 3. The molecule has 0 aliphatic heterocycles. The van der Waals surface area contributed by atoms with Gasteiger partial charge in [-0.3, -0.25) is 0 Å². The van der Waals surface area contributed by atoms with Crippen molar-refractivity contribution < 1.29 is 9.47 Å². The average Bonchev–Trinajstić information content (AvgIpc) is 2.53. The standard InChI is InChI=1S/C18H21NO2/c1-20-15-6-5-12-3-4-13(9-14(12)10-15)17-8-7-16(21-2)11-18(17)19/h5-8,10-11,13H,3-4,9,19H2,1-2H3. The second kappa shape index (κ2) is 5.68. The molecule has 2 aromatic rings. The molecule has 3 nitrogen and oxygen atoms in total. The smallest absolute Gasteiger partial charge is 0.120 e. The Hall–Kier alpha value is -2.16. The lowest BCUT2D eigenvalue weighted by atomic mass is 9.79. The number of hydrogen-bond donors (Lipinski definition) is 1. The van der Waals surface area contributed by atoms with Gasteiger partial charge in [0.25, 0.3) is 0 Å². The Morgan fingerprint density at radius 1 is 0.952 bits per heavy atom. The zero-order valence-corrected chi connectivity index (χ0v) is 12.6. The van der Waals surface area contributed by atoms with Crippen LogP contribution in [0.3, 0.4) is 0 Å². The summed E-state index contributed by atoms with van der Waals surface area (Å²) in [7, 11) is 3.38. The molecule has 0 spiro atoms. The largest absolute Gasteiger partial charge is 0.497 e. The normalized spacial score (nSPS) is 17.1. The molecule has 0 aromatic heterocycles. The van der Waals surface area contributed by atoms with E-state index < -0.39 is 0 Å². The van der Waals surface area contributed by atoms with Gasteiger partial charge < -0.3 is 15.2 Å². The highest BCUT2D eigenvalue weighted by molar-refractivity contribution is 5.54. The van der Waals surface area contributed by atoms with E-state index in [2.05, 4.69) is 18.2 Å². The first kappa shape index (κ1) is 13.8. The van der Waals surface area contributed by atoms with Gasteiger partial charge in [-0.2, -0.15) is 0 Å². The van der Waals surface area contributed by atoms with Gasteiger partial charge >= 0.3 is 0 Å². The fraction of sp³-hybridized carbons (Fsp3) is 0.333. The molecule has 1 atom stereocenters. The molecule has 0 bridgehead atoms. The van der Waals surface area contributed by atoms with Gasteiger partial charge in [0.2, 0.25) is 0 Å². The van der Waals surface area contributed by atoms with Crippen LogP contribution in [0.2, 0.25) is 0 Å². The van der Waals surface area contributed by atoms with Gasteiger partial charge in [0.15, 0.2) is 0 Å². The molecule has 3 heteroatoms. The van der Waals surface area contributed by atoms with Gasteiger partial charge in [-0.1, -0.05) is 12.1 Å². The van der Waals surface area contributed by atoms with Crippen molar-refractivity contribution in [3.63, 3.8) is 0 Å². The highest BCUT2D eigenvalue weighted by Gasteiger charge is 2.22. The Labute approximate surface area is 125 Å². The van der Waals surface area contributed by atoms with Gasteiger partial charge in [-0.15, -0.1) is 0 Å². The van der Waals surface area contributed by atoms with E-state index in [4.69, 9.17) is 15.2 Å². The van der Waals surface area contributed by atoms with Crippen molar-refractivity contribution in [2.45, 2.75) is 25.2 Å². The fourth-order valence-corrected chi connectivity index (χ4v) is 3.18. The van der Waals surface area contributed by atoms with Crippen molar-refractivity contribution in [3.8, 4) is 11.5 Å². The molecule has 0 amide bonds. The van der Waals surface area contributed by atoms with E-state index in [1.807, 2.05) is 18.2 Å². The number of hydrogen-bond acceptors (Lipinski definition) is 3. The van der Waals surface area contributed by atoms with Crippen LogP contribution in [0.15, 0.2) is 36.4 Å². The zero-order valence-electron chi connectivity index (χ0n) is 12.6. The molecule has 2 aromatic carbocycles. The topological polar surface area (TPSA) is 44.5 Å². The summed E-state index contributed by atoms with van der Waals surface area (Å²) in [5, 5.41) is 0. The second-order valence-corrected chi connectivity index (χ2v) is 5.57. The lowest BCUT2D eigenvalue weighted by Gasteiger charge is -2.26. The summed E-state index contributed by atoms with van der Waals surface area (Å²) in [5.41, 5.74) is 11.1. The highest BCUT2D eigenvalue weighted by Crippen LogP contribution is 2.37. The summed E-state index contributed by atoms with van der Waals surface area (Å²) in [4.78, 5) is 0. The number of fused-ring (bicyclic) bond motifs is 1. The fourth-order valence-electron chi connectivity index (χ4n) is 3.18. The maximum atomic E-state index is 6.20. The van der Waals surface area contributed by atoms with Crippen LogP contribution in [-0.4, -0.2) is 14.2 Å².